The van der Waals surface area contributed by atoms with Crippen LogP contribution < -0.4 is 10.1 Å². The summed E-state index contributed by atoms with van der Waals surface area (Å²) < 4.78 is 10.0. The fourth-order valence-corrected chi connectivity index (χ4v) is 2.59. The Kier molecular flexibility index (Phi) is 6.60. The maximum atomic E-state index is 12.2. The molecule has 0 spiro atoms. The number of phenols is 1. The Bertz CT molecular complexity index is 779. The Morgan fingerprint density at radius 3 is 2.31 bits per heavy atom. The molecule has 2 aromatic rings. The van der Waals surface area contributed by atoms with Gasteiger partial charge in [0.2, 0.25) is 0 Å². The summed E-state index contributed by atoms with van der Waals surface area (Å²) in [5.41, 5.74) is 2.76. The largest absolute Gasteiger partial charge is 0.507 e. The minimum atomic E-state index is -0.795. The first-order valence-electron chi connectivity index (χ1n) is 8.44. The van der Waals surface area contributed by atoms with E-state index >= 15 is 0 Å². The highest BCUT2D eigenvalue weighted by Crippen LogP contribution is 2.24. The third kappa shape index (κ3) is 4.53. The summed E-state index contributed by atoms with van der Waals surface area (Å²) in [6, 6.07) is 10.1. The number of hydrogen-bond acceptors (Lipinski definition) is 5. The van der Waals surface area contributed by atoms with E-state index in [1.165, 1.54) is 25.3 Å². The smallest absolute Gasteiger partial charge is 0.342 e. The molecule has 0 aliphatic rings. The van der Waals surface area contributed by atoms with Crippen molar-refractivity contribution in [2.45, 2.75) is 26.7 Å². The molecule has 6 nitrogen and oxygen atoms in total. The van der Waals surface area contributed by atoms with Crippen LogP contribution in [-0.2, 0) is 22.4 Å². The van der Waals surface area contributed by atoms with Crippen molar-refractivity contribution < 1.29 is 24.2 Å². The highest BCUT2D eigenvalue weighted by molar-refractivity contribution is 5.97. The SMILES string of the molecule is CCc1cccc(CC)c1NC(=O)COC(=O)c1cc(OC)ccc1O. The number of carbonyl (C=O) groups is 2. The second-order valence-corrected chi connectivity index (χ2v) is 5.67. The number of para-hydroxylation sites is 1. The van der Waals surface area contributed by atoms with E-state index in [1.807, 2.05) is 32.0 Å². The first-order valence-corrected chi connectivity index (χ1v) is 8.44. The minimum absolute atomic E-state index is 0.0552. The number of methoxy groups -OCH3 is 1. The number of amides is 1. The zero-order valence-corrected chi connectivity index (χ0v) is 15.2. The molecule has 0 aliphatic heterocycles. The van der Waals surface area contributed by atoms with Gasteiger partial charge in [-0.05, 0) is 42.2 Å². The molecule has 0 aromatic heterocycles. The Labute approximate surface area is 152 Å². The van der Waals surface area contributed by atoms with Gasteiger partial charge in [0.15, 0.2) is 6.61 Å². The van der Waals surface area contributed by atoms with Crippen LogP contribution >= 0.6 is 0 Å². The monoisotopic (exact) mass is 357 g/mol. The first-order chi connectivity index (χ1) is 12.5. The van der Waals surface area contributed by atoms with E-state index in [-0.39, 0.29) is 11.3 Å². The Morgan fingerprint density at radius 2 is 1.73 bits per heavy atom. The molecular weight excluding hydrogens is 334 g/mol. The van der Waals surface area contributed by atoms with Crippen molar-refractivity contribution in [3.05, 3.63) is 53.1 Å². The van der Waals surface area contributed by atoms with Crippen molar-refractivity contribution in [2.75, 3.05) is 19.0 Å². The number of esters is 1. The van der Waals surface area contributed by atoms with Crippen LogP contribution in [0.4, 0.5) is 5.69 Å². The van der Waals surface area contributed by atoms with Crippen LogP contribution in [0.1, 0.15) is 35.3 Å². The van der Waals surface area contributed by atoms with Crippen LogP contribution in [0.2, 0.25) is 0 Å². The summed E-state index contributed by atoms with van der Waals surface area (Å²) in [6.45, 7) is 3.57. The molecule has 2 aromatic carbocycles. The summed E-state index contributed by atoms with van der Waals surface area (Å²) in [5.74, 6) is -1.06. The molecule has 138 valence electrons. The van der Waals surface area contributed by atoms with Gasteiger partial charge in [0.1, 0.15) is 17.1 Å². The van der Waals surface area contributed by atoms with Crippen molar-refractivity contribution in [1.29, 1.82) is 0 Å². The van der Waals surface area contributed by atoms with Gasteiger partial charge in [-0.2, -0.15) is 0 Å². The molecule has 26 heavy (non-hydrogen) atoms. The molecule has 0 saturated heterocycles. The molecule has 1 amide bonds. The van der Waals surface area contributed by atoms with Gasteiger partial charge in [-0.15, -0.1) is 0 Å². The topological polar surface area (TPSA) is 84.9 Å². The normalized spacial score (nSPS) is 10.3. The fraction of sp³-hybridized carbons (Fsp3) is 0.300. The number of aromatic hydroxyl groups is 1. The highest BCUT2D eigenvalue weighted by atomic mass is 16.5. The molecule has 2 N–H and O–H groups in total. The molecule has 0 aliphatic carbocycles. The summed E-state index contributed by atoms with van der Waals surface area (Å²) >= 11 is 0. The lowest BCUT2D eigenvalue weighted by Gasteiger charge is -2.14. The molecule has 6 heteroatoms. The van der Waals surface area contributed by atoms with Gasteiger partial charge in [-0.1, -0.05) is 32.0 Å². The van der Waals surface area contributed by atoms with Crippen LogP contribution in [0, 0.1) is 0 Å². The number of rotatable bonds is 7. The first kappa shape index (κ1) is 19.3. The minimum Gasteiger partial charge on any atom is -0.507 e. The second-order valence-electron chi connectivity index (χ2n) is 5.67. The number of anilines is 1. The van der Waals surface area contributed by atoms with E-state index in [4.69, 9.17) is 9.47 Å². The lowest BCUT2D eigenvalue weighted by atomic mass is 10.0. The van der Waals surface area contributed by atoms with Gasteiger partial charge in [0.25, 0.3) is 5.91 Å². The number of nitrogens with one attached hydrogen (secondary N) is 1. The van der Waals surface area contributed by atoms with Gasteiger partial charge in [-0.3, -0.25) is 4.79 Å². The van der Waals surface area contributed by atoms with Crippen molar-refractivity contribution in [3.63, 3.8) is 0 Å². The van der Waals surface area contributed by atoms with E-state index in [2.05, 4.69) is 5.32 Å². The number of ether oxygens (including phenoxy) is 2. The number of aryl methyl sites for hydroxylation is 2. The molecular formula is C20H23NO5. The standard InChI is InChI=1S/C20H23NO5/c1-4-13-7-6-8-14(5-2)19(13)21-18(23)12-26-20(24)16-11-15(25-3)9-10-17(16)22/h6-11,22H,4-5,12H2,1-3H3,(H,21,23). The quantitative estimate of drug-likeness (QED) is 0.743. The summed E-state index contributed by atoms with van der Waals surface area (Å²) in [4.78, 5) is 24.3. The van der Waals surface area contributed by atoms with Crippen LogP contribution in [0.15, 0.2) is 36.4 Å². The average Bonchev–Trinajstić information content (AvgIpc) is 2.66. The summed E-state index contributed by atoms with van der Waals surface area (Å²) in [7, 11) is 1.45. The van der Waals surface area contributed by atoms with Crippen LogP contribution in [0.25, 0.3) is 0 Å². The van der Waals surface area contributed by atoms with E-state index < -0.39 is 18.5 Å². The average molecular weight is 357 g/mol. The Morgan fingerprint density at radius 1 is 1.08 bits per heavy atom. The number of carbonyl (C=O) groups excluding carboxylic acids is 2. The zero-order chi connectivity index (χ0) is 19.1. The lowest BCUT2D eigenvalue weighted by Crippen LogP contribution is -2.22. The lowest BCUT2D eigenvalue weighted by molar-refractivity contribution is -0.119. The Balaban J connectivity index is 2.05. The van der Waals surface area contributed by atoms with E-state index in [0.717, 1.165) is 29.7 Å². The summed E-state index contributed by atoms with van der Waals surface area (Å²) in [5, 5.41) is 12.6. The van der Waals surface area contributed by atoms with Crippen molar-refractivity contribution in [1.82, 2.24) is 0 Å². The highest BCUT2D eigenvalue weighted by Gasteiger charge is 2.17. The third-order valence-electron chi connectivity index (χ3n) is 4.02. The number of phenolic OH excluding ortho intramolecular Hbond substituents is 1. The van der Waals surface area contributed by atoms with E-state index in [1.54, 1.807) is 0 Å². The van der Waals surface area contributed by atoms with Gasteiger partial charge in [0.05, 0.1) is 7.11 Å². The Hall–Kier alpha value is -3.02. The second kappa shape index (κ2) is 8.89. The van der Waals surface area contributed by atoms with Gasteiger partial charge in [-0.25, -0.2) is 4.79 Å². The molecule has 0 heterocycles. The molecule has 0 fully saturated rings. The maximum Gasteiger partial charge on any atom is 0.342 e. The fourth-order valence-electron chi connectivity index (χ4n) is 2.59. The molecule has 0 radical (unpaired) electrons. The van der Waals surface area contributed by atoms with Gasteiger partial charge in [0, 0.05) is 5.69 Å². The molecule has 0 saturated carbocycles. The number of hydrogen-bond donors (Lipinski definition) is 2. The van der Waals surface area contributed by atoms with Crippen LogP contribution in [0.5, 0.6) is 11.5 Å². The number of benzene rings is 2. The third-order valence-corrected chi connectivity index (χ3v) is 4.02. The van der Waals surface area contributed by atoms with Crippen molar-refractivity contribution >= 4 is 17.6 Å². The van der Waals surface area contributed by atoms with Crippen LogP contribution in [0.3, 0.4) is 0 Å². The van der Waals surface area contributed by atoms with Gasteiger partial charge < -0.3 is 19.9 Å². The predicted molar refractivity (Wildman–Crippen MR) is 98.8 cm³/mol. The molecule has 2 rings (SSSR count). The van der Waals surface area contributed by atoms with Crippen LogP contribution in [-0.4, -0.2) is 30.7 Å². The van der Waals surface area contributed by atoms with Crippen molar-refractivity contribution in [2.24, 2.45) is 0 Å². The summed E-state index contributed by atoms with van der Waals surface area (Å²) in [6.07, 6.45) is 1.56. The van der Waals surface area contributed by atoms with Gasteiger partial charge >= 0.3 is 5.97 Å². The van der Waals surface area contributed by atoms with Crippen molar-refractivity contribution in [3.8, 4) is 11.5 Å². The van der Waals surface area contributed by atoms with E-state index in [9.17, 15) is 14.7 Å². The maximum absolute atomic E-state index is 12.2. The predicted octanol–water partition coefficient (Wildman–Crippen LogP) is 3.32. The molecule has 0 atom stereocenters. The zero-order valence-electron chi connectivity index (χ0n) is 15.2. The molecule has 0 unspecified atom stereocenters. The van der Waals surface area contributed by atoms with E-state index in [0.29, 0.717) is 5.75 Å². The molecule has 0 bridgehead atoms.